The Morgan fingerprint density at radius 1 is 1.27 bits per heavy atom. The maximum absolute atomic E-state index is 14.8. The van der Waals surface area contributed by atoms with Crippen molar-refractivity contribution in [3.63, 3.8) is 0 Å². The first-order chi connectivity index (χ1) is 14.0. The van der Waals surface area contributed by atoms with Gasteiger partial charge in [0.05, 0.1) is 18.3 Å². The van der Waals surface area contributed by atoms with Crippen LogP contribution in [0.4, 0.5) is 22.0 Å². The van der Waals surface area contributed by atoms with Crippen molar-refractivity contribution in [2.75, 3.05) is 26.2 Å². The molecule has 0 radical (unpaired) electrons. The summed E-state index contributed by atoms with van der Waals surface area (Å²) in [5.74, 6) is -5.48. The van der Waals surface area contributed by atoms with Crippen LogP contribution in [0.25, 0.3) is 0 Å². The van der Waals surface area contributed by atoms with Crippen LogP contribution in [0.15, 0.2) is 4.79 Å². The predicted octanol–water partition coefficient (Wildman–Crippen LogP) is 2.99. The van der Waals surface area contributed by atoms with E-state index in [4.69, 9.17) is 0 Å². The summed E-state index contributed by atoms with van der Waals surface area (Å²) in [6.07, 6.45) is -3.52. The smallest absolute Gasteiger partial charge is 0.342 e. The first-order valence-electron chi connectivity index (χ1n) is 10.1. The third kappa shape index (κ3) is 4.08. The lowest BCUT2D eigenvalue weighted by Crippen LogP contribution is -2.44. The highest BCUT2D eigenvalue weighted by atomic mass is 19.4. The van der Waals surface area contributed by atoms with Crippen molar-refractivity contribution in [3.8, 4) is 0 Å². The first-order valence-corrected chi connectivity index (χ1v) is 10.1. The fourth-order valence-corrected chi connectivity index (χ4v) is 4.50. The van der Waals surface area contributed by atoms with Gasteiger partial charge in [-0.3, -0.25) is 14.5 Å². The number of nitrogens with one attached hydrogen (secondary N) is 1. The van der Waals surface area contributed by atoms with Gasteiger partial charge >= 0.3 is 6.18 Å². The first kappa shape index (κ1) is 22.6. The van der Waals surface area contributed by atoms with Gasteiger partial charge in [-0.25, -0.2) is 13.9 Å². The lowest BCUT2D eigenvalue weighted by molar-refractivity contribution is -0.145. The number of halogens is 5. The molecule has 3 rings (SSSR count). The highest BCUT2D eigenvalue weighted by Crippen LogP contribution is 2.44. The lowest BCUT2D eigenvalue weighted by Gasteiger charge is -2.27. The second-order valence-corrected chi connectivity index (χ2v) is 7.91. The Labute approximate surface area is 170 Å². The molecule has 1 fully saturated rings. The molecule has 2 aliphatic rings. The summed E-state index contributed by atoms with van der Waals surface area (Å²) >= 11 is 0. The third-order valence-electron chi connectivity index (χ3n) is 5.76. The molecule has 6 nitrogen and oxygen atoms in total. The maximum atomic E-state index is 14.8. The molecule has 1 aromatic rings. The van der Waals surface area contributed by atoms with Gasteiger partial charge < -0.3 is 4.90 Å². The fraction of sp³-hybridized carbons (Fsp3) is 0.737. The Hall–Kier alpha value is -2.04. The molecule has 168 valence electrons. The summed E-state index contributed by atoms with van der Waals surface area (Å²) in [7, 11) is 0. The van der Waals surface area contributed by atoms with Crippen molar-refractivity contribution in [2.45, 2.75) is 57.7 Å². The molecule has 0 aromatic carbocycles. The van der Waals surface area contributed by atoms with E-state index in [0.29, 0.717) is 25.9 Å². The Kier molecular flexibility index (Phi) is 6.22. The summed E-state index contributed by atoms with van der Waals surface area (Å²) in [5.41, 5.74) is -2.93. The Bertz CT molecular complexity index is 848. The van der Waals surface area contributed by atoms with Crippen LogP contribution in [0.1, 0.15) is 56.0 Å². The number of fused-ring (bicyclic) bond motifs is 1. The van der Waals surface area contributed by atoms with E-state index in [2.05, 4.69) is 5.10 Å². The number of alkyl halides is 5. The highest BCUT2D eigenvalue weighted by molar-refractivity contribution is 5.80. The monoisotopic (exact) mass is 436 g/mol. The molecule has 0 bridgehead atoms. The van der Waals surface area contributed by atoms with Crippen LogP contribution in [0.3, 0.4) is 0 Å². The number of carbonyl (C=O) groups is 1. The van der Waals surface area contributed by atoms with Gasteiger partial charge in [0.1, 0.15) is 11.5 Å². The van der Waals surface area contributed by atoms with Crippen molar-refractivity contribution in [2.24, 2.45) is 5.92 Å². The summed E-state index contributed by atoms with van der Waals surface area (Å²) < 4.78 is 69.4. The number of hydrogen-bond donors (Lipinski definition) is 1. The fourth-order valence-electron chi connectivity index (χ4n) is 4.50. The molecular formula is C19H25F5N4O2. The molecule has 1 aliphatic carbocycles. The quantitative estimate of drug-likeness (QED) is 0.697. The Morgan fingerprint density at radius 3 is 2.47 bits per heavy atom. The SMILES string of the molecule is CCCN(CCC)C(=O)C1CN(C2CCc3c2n[nH]c(=O)c3C(F)(F)F)CC1(F)F. The second-order valence-electron chi connectivity index (χ2n) is 7.91. The molecule has 1 N–H and O–H groups in total. The molecule has 1 aliphatic heterocycles. The second kappa shape index (κ2) is 8.24. The molecule has 1 amide bonds. The average molecular weight is 436 g/mol. The maximum Gasteiger partial charge on any atom is 0.422 e. The van der Waals surface area contributed by atoms with Gasteiger partial charge in [-0.1, -0.05) is 13.8 Å². The van der Waals surface area contributed by atoms with Gasteiger partial charge in [-0.2, -0.15) is 18.3 Å². The molecule has 11 heteroatoms. The number of H-pyrrole nitrogens is 1. The molecule has 2 heterocycles. The number of likely N-dealkylation sites (tertiary alicyclic amines) is 1. The van der Waals surface area contributed by atoms with Crippen LogP contribution >= 0.6 is 0 Å². The van der Waals surface area contributed by atoms with Crippen molar-refractivity contribution in [1.29, 1.82) is 0 Å². The number of carbonyl (C=O) groups excluding carboxylic acids is 1. The van der Waals surface area contributed by atoms with Crippen LogP contribution < -0.4 is 5.56 Å². The van der Waals surface area contributed by atoms with Gasteiger partial charge in [0.15, 0.2) is 0 Å². The van der Waals surface area contributed by atoms with Crippen molar-refractivity contribution < 1.29 is 26.7 Å². The average Bonchev–Trinajstić information content (AvgIpc) is 3.19. The van der Waals surface area contributed by atoms with Crippen LogP contribution in [0.2, 0.25) is 0 Å². The zero-order valence-corrected chi connectivity index (χ0v) is 16.9. The van der Waals surface area contributed by atoms with Gasteiger partial charge in [0.2, 0.25) is 5.91 Å². The molecule has 0 saturated carbocycles. The van der Waals surface area contributed by atoms with Gasteiger partial charge in [-0.15, -0.1) is 0 Å². The highest BCUT2D eigenvalue weighted by Gasteiger charge is 2.55. The number of nitrogens with zero attached hydrogens (tertiary/aromatic N) is 3. The van der Waals surface area contributed by atoms with E-state index in [1.165, 1.54) is 9.80 Å². The molecule has 1 aromatic heterocycles. The van der Waals surface area contributed by atoms with Gasteiger partial charge in [-0.05, 0) is 31.2 Å². The third-order valence-corrected chi connectivity index (χ3v) is 5.76. The Morgan fingerprint density at radius 2 is 1.90 bits per heavy atom. The minimum absolute atomic E-state index is 0.0372. The van der Waals surface area contributed by atoms with Crippen LogP contribution in [0.5, 0.6) is 0 Å². The van der Waals surface area contributed by atoms with Crippen molar-refractivity contribution in [1.82, 2.24) is 20.0 Å². The molecule has 1 saturated heterocycles. The summed E-state index contributed by atoms with van der Waals surface area (Å²) in [5, 5.41) is 5.60. The van der Waals surface area contributed by atoms with E-state index in [1.807, 2.05) is 18.9 Å². The molecule has 30 heavy (non-hydrogen) atoms. The number of hydrogen-bond acceptors (Lipinski definition) is 4. The van der Waals surface area contributed by atoms with E-state index in [9.17, 15) is 31.5 Å². The normalized spacial score (nSPS) is 23.6. The zero-order chi connectivity index (χ0) is 22.3. The number of rotatable bonds is 6. The molecule has 2 unspecified atom stereocenters. The number of amides is 1. The van der Waals surface area contributed by atoms with E-state index >= 15 is 0 Å². The van der Waals surface area contributed by atoms with E-state index in [1.54, 1.807) is 0 Å². The van der Waals surface area contributed by atoms with E-state index in [0.717, 1.165) is 0 Å². The summed E-state index contributed by atoms with van der Waals surface area (Å²) in [6.45, 7) is 3.47. The van der Waals surface area contributed by atoms with Gasteiger partial charge in [0, 0.05) is 19.6 Å². The van der Waals surface area contributed by atoms with Crippen molar-refractivity contribution in [3.05, 3.63) is 27.2 Å². The minimum Gasteiger partial charge on any atom is -0.342 e. The molecule has 0 spiro atoms. The minimum atomic E-state index is -4.86. The van der Waals surface area contributed by atoms with Crippen molar-refractivity contribution >= 4 is 5.91 Å². The van der Waals surface area contributed by atoms with Gasteiger partial charge in [0.25, 0.3) is 11.5 Å². The molecular weight excluding hydrogens is 411 g/mol. The Balaban J connectivity index is 1.87. The standard InChI is InChI=1S/C19H25F5N4O2/c1-3-7-27(8-4-2)17(30)12-9-28(10-18(12,20)21)13-6-5-11-14(19(22,23)24)16(29)26-25-15(11)13/h12-13H,3-10H2,1-2H3,(H,26,29). The van der Waals surface area contributed by atoms with Crippen LogP contribution in [-0.2, 0) is 17.4 Å². The molecule has 2 atom stereocenters. The predicted molar refractivity (Wildman–Crippen MR) is 98.1 cm³/mol. The number of aromatic amines is 1. The zero-order valence-electron chi connectivity index (χ0n) is 16.9. The summed E-state index contributed by atoms with van der Waals surface area (Å²) in [6, 6.07) is -0.799. The van der Waals surface area contributed by atoms with Crippen LogP contribution in [-0.4, -0.2) is 58.0 Å². The van der Waals surface area contributed by atoms with E-state index in [-0.39, 0.29) is 30.6 Å². The lowest BCUT2D eigenvalue weighted by atomic mass is 10.0. The number of aromatic nitrogens is 2. The largest absolute Gasteiger partial charge is 0.422 e. The van der Waals surface area contributed by atoms with E-state index < -0.39 is 47.6 Å². The topological polar surface area (TPSA) is 69.3 Å². The summed E-state index contributed by atoms with van der Waals surface area (Å²) in [4.78, 5) is 27.2. The van der Waals surface area contributed by atoms with Crippen LogP contribution in [0, 0.1) is 5.92 Å².